The van der Waals surface area contributed by atoms with E-state index >= 15 is 0 Å². The summed E-state index contributed by atoms with van der Waals surface area (Å²) in [5, 5.41) is 11.6. The van der Waals surface area contributed by atoms with Gasteiger partial charge in [-0.25, -0.2) is 4.39 Å². The highest BCUT2D eigenvalue weighted by Crippen LogP contribution is 2.14. The van der Waals surface area contributed by atoms with Gasteiger partial charge in [-0.05, 0) is 24.2 Å². The summed E-state index contributed by atoms with van der Waals surface area (Å²) < 4.78 is 12.8. The van der Waals surface area contributed by atoms with Gasteiger partial charge in [0.2, 0.25) is 0 Å². The smallest absolute Gasteiger partial charge is 0.325 e. The molecule has 0 aliphatic rings. The Hall–Kier alpha value is -1.42. The first-order valence-electron chi connectivity index (χ1n) is 4.36. The van der Waals surface area contributed by atoms with E-state index in [9.17, 15) is 9.18 Å². The van der Waals surface area contributed by atoms with Crippen molar-refractivity contribution in [3.05, 3.63) is 35.6 Å². The Balaban J connectivity index is 2.93. The van der Waals surface area contributed by atoms with Gasteiger partial charge in [-0.15, -0.1) is 0 Å². The van der Waals surface area contributed by atoms with Gasteiger partial charge in [-0.1, -0.05) is 19.1 Å². The fourth-order valence-corrected chi connectivity index (χ4v) is 1.24. The molecule has 1 atom stereocenters. The third-order valence-electron chi connectivity index (χ3n) is 1.84. The lowest BCUT2D eigenvalue weighted by atomic mass is 10.1. The van der Waals surface area contributed by atoms with Crippen LogP contribution in [0.25, 0.3) is 0 Å². The molecule has 0 aromatic heterocycles. The minimum Gasteiger partial charge on any atom is -0.480 e. The number of carboxylic acids is 1. The highest BCUT2D eigenvalue weighted by Gasteiger charge is 2.18. The molecule has 3 nitrogen and oxygen atoms in total. The van der Waals surface area contributed by atoms with Crippen LogP contribution in [-0.2, 0) is 4.79 Å². The van der Waals surface area contributed by atoms with Crippen molar-refractivity contribution in [2.24, 2.45) is 0 Å². The Morgan fingerprint density at radius 1 is 1.64 bits per heavy atom. The number of halogens is 1. The van der Waals surface area contributed by atoms with Gasteiger partial charge in [-0.3, -0.25) is 4.79 Å². The van der Waals surface area contributed by atoms with Gasteiger partial charge in [0, 0.05) is 0 Å². The molecule has 1 aromatic rings. The fraction of sp³-hybridized carbons (Fsp3) is 0.300. The molecule has 0 aliphatic heterocycles. The summed E-state index contributed by atoms with van der Waals surface area (Å²) in [4.78, 5) is 10.8. The summed E-state index contributed by atoms with van der Waals surface area (Å²) in [5.41, 5.74) is 0.430. The number of aliphatic carboxylic acids is 1. The Morgan fingerprint density at radius 2 is 2.36 bits per heavy atom. The van der Waals surface area contributed by atoms with Gasteiger partial charge in [0.1, 0.15) is 11.9 Å². The molecule has 0 heterocycles. The molecule has 0 spiro atoms. The van der Waals surface area contributed by atoms with Crippen LogP contribution in [0.1, 0.15) is 18.5 Å². The van der Waals surface area contributed by atoms with Crippen molar-refractivity contribution in [2.45, 2.75) is 13.0 Å². The lowest BCUT2D eigenvalue weighted by Crippen LogP contribution is -2.28. The van der Waals surface area contributed by atoms with Crippen molar-refractivity contribution in [1.29, 1.82) is 0 Å². The largest absolute Gasteiger partial charge is 0.480 e. The molecule has 0 saturated heterocycles. The molecule has 2 N–H and O–H groups in total. The molecule has 0 saturated carbocycles. The molecule has 0 bridgehead atoms. The Bertz CT molecular complexity index is 328. The molecule has 1 aromatic carbocycles. The van der Waals surface area contributed by atoms with E-state index in [0.717, 1.165) is 0 Å². The molecule has 1 unspecified atom stereocenters. The van der Waals surface area contributed by atoms with Crippen LogP contribution >= 0.6 is 0 Å². The van der Waals surface area contributed by atoms with E-state index in [2.05, 4.69) is 5.32 Å². The third kappa shape index (κ3) is 2.53. The second-order valence-electron chi connectivity index (χ2n) is 2.88. The maximum absolute atomic E-state index is 12.8. The number of hydrogen-bond acceptors (Lipinski definition) is 2. The van der Waals surface area contributed by atoms with Gasteiger partial charge < -0.3 is 10.4 Å². The quantitative estimate of drug-likeness (QED) is 0.770. The van der Waals surface area contributed by atoms with Crippen LogP contribution in [0.5, 0.6) is 0 Å². The molecule has 0 fully saturated rings. The zero-order valence-corrected chi connectivity index (χ0v) is 7.83. The van der Waals surface area contributed by atoms with Gasteiger partial charge >= 0.3 is 5.97 Å². The maximum atomic E-state index is 12.8. The molecule has 1 rings (SSSR count). The first kappa shape index (κ1) is 10.7. The van der Waals surface area contributed by atoms with E-state index in [1.807, 2.05) is 0 Å². The second kappa shape index (κ2) is 4.72. The lowest BCUT2D eigenvalue weighted by molar-refractivity contribution is -0.139. The van der Waals surface area contributed by atoms with E-state index in [1.165, 1.54) is 18.2 Å². The van der Waals surface area contributed by atoms with E-state index in [1.54, 1.807) is 13.0 Å². The molecule has 0 amide bonds. The van der Waals surface area contributed by atoms with Crippen LogP contribution in [0.3, 0.4) is 0 Å². The normalized spacial score (nSPS) is 12.4. The number of hydrogen-bond donors (Lipinski definition) is 2. The molecule has 76 valence electrons. The monoisotopic (exact) mass is 197 g/mol. The predicted molar refractivity (Wildman–Crippen MR) is 50.5 cm³/mol. The molecular weight excluding hydrogens is 185 g/mol. The van der Waals surface area contributed by atoms with E-state index in [0.29, 0.717) is 12.1 Å². The first-order chi connectivity index (χ1) is 6.65. The van der Waals surface area contributed by atoms with Crippen molar-refractivity contribution in [3.63, 3.8) is 0 Å². The minimum absolute atomic E-state index is 0.424. The zero-order chi connectivity index (χ0) is 10.6. The fourth-order valence-electron chi connectivity index (χ4n) is 1.24. The summed E-state index contributed by atoms with van der Waals surface area (Å²) in [7, 11) is 0. The molecule has 0 radical (unpaired) electrons. The highest BCUT2D eigenvalue weighted by atomic mass is 19.1. The number of rotatable bonds is 4. The molecule has 0 aliphatic carbocycles. The number of benzene rings is 1. The van der Waals surface area contributed by atoms with Crippen LogP contribution in [-0.4, -0.2) is 17.6 Å². The van der Waals surface area contributed by atoms with E-state index in [-0.39, 0.29) is 0 Å². The van der Waals surface area contributed by atoms with Crippen LogP contribution in [0.2, 0.25) is 0 Å². The highest BCUT2D eigenvalue weighted by molar-refractivity contribution is 5.75. The minimum atomic E-state index is -1.00. The van der Waals surface area contributed by atoms with Gasteiger partial charge in [-0.2, -0.15) is 0 Å². The standard InChI is InChI=1S/C10H12FNO2/c1-2-12-9(10(13)14)7-4-3-5-8(11)6-7/h3-6,9,12H,2H2,1H3,(H,13,14). The Labute approximate surface area is 81.6 Å². The SMILES string of the molecule is CCNC(C(=O)O)c1cccc(F)c1. The average molecular weight is 197 g/mol. The maximum Gasteiger partial charge on any atom is 0.325 e. The van der Waals surface area contributed by atoms with Gasteiger partial charge in [0.05, 0.1) is 0 Å². The summed E-state index contributed by atoms with van der Waals surface area (Å²) in [6, 6.07) is 4.76. The Morgan fingerprint density at radius 3 is 2.86 bits per heavy atom. The van der Waals surface area contributed by atoms with Crippen molar-refractivity contribution >= 4 is 5.97 Å². The van der Waals surface area contributed by atoms with Crippen molar-refractivity contribution in [1.82, 2.24) is 5.32 Å². The predicted octanol–water partition coefficient (Wildman–Crippen LogP) is 1.56. The summed E-state index contributed by atoms with van der Waals surface area (Å²) in [6.07, 6.45) is 0. The van der Waals surface area contributed by atoms with Crippen LogP contribution in [0.15, 0.2) is 24.3 Å². The van der Waals surface area contributed by atoms with Crippen molar-refractivity contribution in [3.8, 4) is 0 Å². The zero-order valence-electron chi connectivity index (χ0n) is 7.83. The summed E-state index contributed by atoms with van der Waals surface area (Å²) in [5.74, 6) is -1.43. The van der Waals surface area contributed by atoms with Crippen molar-refractivity contribution in [2.75, 3.05) is 6.54 Å². The van der Waals surface area contributed by atoms with Crippen LogP contribution in [0.4, 0.5) is 4.39 Å². The van der Waals surface area contributed by atoms with Gasteiger partial charge in [0.25, 0.3) is 0 Å². The molecular formula is C10H12FNO2. The number of likely N-dealkylation sites (N-methyl/N-ethyl adjacent to an activating group) is 1. The first-order valence-corrected chi connectivity index (χ1v) is 4.36. The number of carbonyl (C=O) groups is 1. The Kier molecular flexibility index (Phi) is 3.59. The summed E-state index contributed by atoms with van der Waals surface area (Å²) >= 11 is 0. The average Bonchev–Trinajstić information content (AvgIpc) is 2.13. The molecule has 14 heavy (non-hydrogen) atoms. The number of carboxylic acid groups (broad SMARTS) is 1. The molecule has 4 heteroatoms. The van der Waals surface area contributed by atoms with E-state index < -0.39 is 17.8 Å². The topological polar surface area (TPSA) is 49.3 Å². The lowest BCUT2D eigenvalue weighted by Gasteiger charge is -2.12. The van der Waals surface area contributed by atoms with E-state index in [4.69, 9.17) is 5.11 Å². The van der Waals surface area contributed by atoms with Crippen LogP contribution in [0, 0.1) is 5.82 Å². The third-order valence-corrected chi connectivity index (χ3v) is 1.84. The van der Waals surface area contributed by atoms with Crippen molar-refractivity contribution < 1.29 is 14.3 Å². The van der Waals surface area contributed by atoms with Crippen LogP contribution < -0.4 is 5.32 Å². The second-order valence-corrected chi connectivity index (χ2v) is 2.88. The summed E-state index contributed by atoms with van der Waals surface area (Å²) in [6.45, 7) is 2.32. The van der Waals surface area contributed by atoms with Gasteiger partial charge in [0.15, 0.2) is 0 Å². The number of nitrogens with one attached hydrogen (secondary N) is 1.